The van der Waals surface area contributed by atoms with Crippen molar-refractivity contribution in [3.05, 3.63) is 130 Å². The first-order valence-corrected chi connectivity index (χ1v) is 16.6. The standard InChI is InChI=1S/C35H38N4O7S/c1-4-26(2)36-35(41)33(22-27-13-7-5-8-14-27)37(24-28-15-11-18-31(21-28)46-3)34(40)25-38(29-16-12-17-30(23-29)39(42)43)47(44,45)32-19-9-6-10-20-32/h5-21,23,26,33H,4,22,24-25H2,1-3H3,(H,36,41). The van der Waals surface area contributed by atoms with E-state index in [9.17, 15) is 28.1 Å². The third-order valence-corrected chi connectivity index (χ3v) is 9.49. The Morgan fingerprint density at radius 2 is 1.53 bits per heavy atom. The van der Waals surface area contributed by atoms with Gasteiger partial charge in [-0.3, -0.25) is 24.0 Å². The summed E-state index contributed by atoms with van der Waals surface area (Å²) in [6, 6.07) is 27.7. The van der Waals surface area contributed by atoms with Gasteiger partial charge in [0, 0.05) is 31.1 Å². The van der Waals surface area contributed by atoms with Gasteiger partial charge < -0.3 is 15.0 Å². The SMILES string of the molecule is CCC(C)NC(=O)C(Cc1ccccc1)N(Cc1cccc(OC)c1)C(=O)CN(c1cccc([N+](=O)[O-])c1)S(=O)(=O)c1ccccc1. The highest BCUT2D eigenvalue weighted by Crippen LogP contribution is 2.28. The number of rotatable bonds is 15. The quantitative estimate of drug-likeness (QED) is 0.134. The molecule has 4 aromatic rings. The number of non-ortho nitro benzene ring substituents is 1. The van der Waals surface area contributed by atoms with Gasteiger partial charge in [0.15, 0.2) is 0 Å². The number of amides is 2. The number of anilines is 1. The van der Waals surface area contributed by atoms with E-state index in [1.807, 2.05) is 44.2 Å². The number of ether oxygens (including phenoxy) is 1. The second-order valence-electron chi connectivity index (χ2n) is 11.0. The number of nitrogens with one attached hydrogen (secondary N) is 1. The van der Waals surface area contributed by atoms with Crippen LogP contribution in [0.3, 0.4) is 0 Å². The van der Waals surface area contributed by atoms with E-state index in [4.69, 9.17) is 4.74 Å². The monoisotopic (exact) mass is 658 g/mol. The number of methoxy groups -OCH3 is 1. The Hall–Kier alpha value is -5.23. The van der Waals surface area contributed by atoms with Crippen molar-refractivity contribution in [1.82, 2.24) is 10.2 Å². The Labute approximate surface area is 275 Å². The highest BCUT2D eigenvalue weighted by atomic mass is 32.2. The number of benzene rings is 4. The molecule has 0 aromatic heterocycles. The van der Waals surface area contributed by atoms with Gasteiger partial charge in [0.1, 0.15) is 18.3 Å². The molecular weight excluding hydrogens is 620 g/mol. The van der Waals surface area contributed by atoms with Crippen LogP contribution in [0.25, 0.3) is 0 Å². The van der Waals surface area contributed by atoms with Crippen LogP contribution in [-0.4, -0.2) is 55.8 Å². The second kappa shape index (κ2) is 15.9. The van der Waals surface area contributed by atoms with Gasteiger partial charge in [-0.05, 0) is 54.8 Å². The lowest BCUT2D eigenvalue weighted by Crippen LogP contribution is -2.54. The molecule has 11 nitrogen and oxygen atoms in total. The van der Waals surface area contributed by atoms with E-state index in [-0.39, 0.29) is 35.3 Å². The topological polar surface area (TPSA) is 139 Å². The van der Waals surface area contributed by atoms with Crippen molar-refractivity contribution in [2.45, 2.75) is 50.2 Å². The summed E-state index contributed by atoms with van der Waals surface area (Å²) in [5.41, 5.74) is 1.04. The molecule has 4 aromatic carbocycles. The molecule has 0 heterocycles. The molecule has 2 atom stereocenters. The van der Waals surface area contributed by atoms with Crippen molar-refractivity contribution in [1.29, 1.82) is 0 Å². The third kappa shape index (κ3) is 8.95. The number of hydrogen-bond donors (Lipinski definition) is 1. The van der Waals surface area contributed by atoms with Crippen LogP contribution < -0.4 is 14.4 Å². The van der Waals surface area contributed by atoms with Crippen molar-refractivity contribution >= 4 is 33.2 Å². The van der Waals surface area contributed by atoms with Gasteiger partial charge in [-0.2, -0.15) is 0 Å². The fourth-order valence-corrected chi connectivity index (χ4v) is 6.40. The lowest BCUT2D eigenvalue weighted by molar-refractivity contribution is -0.384. The summed E-state index contributed by atoms with van der Waals surface area (Å²) in [5, 5.41) is 14.6. The van der Waals surface area contributed by atoms with Gasteiger partial charge in [0.25, 0.3) is 15.7 Å². The molecule has 0 aliphatic heterocycles. The molecule has 0 fully saturated rings. The lowest BCUT2D eigenvalue weighted by Gasteiger charge is -2.34. The molecule has 12 heteroatoms. The Kier molecular flexibility index (Phi) is 11.7. The van der Waals surface area contributed by atoms with E-state index in [0.717, 1.165) is 15.9 Å². The first kappa shape index (κ1) is 34.6. The molecule has 0 spiro atoms. The zero-order valence-electron chi connectivity index (χ0n) is 26.5. The highest BCUT2D eigenvalue weighted by molar-refractivity contribution is 7.92. The molecule has 0 aliphatic rings. The number of nitro groups is 1. The van der Waals surface area contributed by atoms with Gasteiger partial charge in [0.05, 0.1) is 22.6 Å². The minimum absolute atomic E-state index is 0.0460. The average molecular weight is 659 g/mol. The van der Waals surface area contributed by atoms with Crippen LogP contribution in [0.4, 0.5) is 11.4 Å². The van der Waals surface area contributed by atoms with Crippen LogP contribution in [0, 0.1) is 10.1 Å². The molecular formula is C35H38N4O7S. The van der Waals surface area contributed by atoms with Gasteiger partial charge in [0.2, 0.25) is 11.8 Å². The molecule has 2 amide bonds. The van der Waals surface area contributed by atoms with Crippen LogP contribution >= 0.6 is 0 Å². The number of nitro benzene ring substituents is 1. The van der Waals surface area contributed by atoms with Crippen LogP contribution in [0.2, 0.25) is 0 Å². The number of hydrogen-bond acceptors (Lipinski definition) is 7. The number of carbonyl (C=O) groups is 2. The molecule has 0 radical (unpaired) electrons. The van der Waals surface area contributed by atoms with Gasteiger partial charge in [-0.15, -0.1) is 0 Å². The van der Waals surface area contributed by atoms with Crippen LogP contribution in [0.1, 0.15) is 31.4 Å². The minimum Gasteiger partial charge on any atom is -0.497 e. The first-order chi connectivity index (χ1) is 22.5. The van der Waals surface area contributed by atoms with E-state index >= 15 is 0 Å². The zero-order chi connectivity index (χ0) is 34.0. The summed E-state index contributed by atoms with van der Waals surface area (Å²) in [5.74, 6) is -0.533. The van der Waals surface area contributed by atoms with E-state index in [1.165, 1.54) is 42.3 Å². The minimum atomic E-state index is -4.39. The molecule has 47 heavy (non-hydrogen) atoms. The lowest BCUT2D eigenvalue weighted by atomic mass is 10.0. The summed E-state index contributed by atoms with van der Waals surface area (Å²) in [7, 11) is -2.87. The number of nitrogens with zero attached hydrogens (tertiary/aromatic N) is 3. The van der Waals surface area contributed by atoms with Gasteiger partial charge >= 0.3 is 0 Å². The van der Waals surface area contributed by atoms with E-state index in [0.29, 0.717) is 17.7 Å². The summed E-state index contributed by atoms with van der Waals surface area (Å²) in [6.45, 7) is 3.02. The maximum absolute atomic E-state index is 14.5. The Morgan fingerprint density at radius 1 is 0.894 bits per heavy atom. The Balaban J connectivity index is 1.84. The summed E-state index contributed by atoms with van der Waals surface area (Å²) >= 11 is 0. The fraction of sp³-hybridized carbons (Fsp3) is 0.257. The largest absolute Gasteiger partial charge is 0.497 e. The zero-order valence-corrected chi connectivity index (χ0v) is 27.3. The van der Waals surface area contributed by atoms with Crippen LogP contribution in [0.5, 0.6) is 5.75 Å². The van der Waals surface area contributed by atoms with Crippen molar-refractivity contribution in [2.75, 3.05) is 18.0 Å². The van der Waals surface area contributed by atoms with Gasteiger partial charge in [-0.25, -0.2) is 8.42 Å². The van der Waals surface area contributed by atoms with Crippen molar-refractivity contribution in [2.24, 2.45) is 0 Å². The molecule has 0 bridgehead atoms. The Morgan fingerprint density at radius 3 is 2.17 bits per heavy atom. The second-order valence-corrected chi connectivity index (χ2v) is 12.9. The average Bonchev–Trinajstić information content (AvgIpc) is 3.09. The van der Waals surface area contributed by atoms with Gasteiger partial charge in [-0.1, -0.05) is 73.7 Å². The van der Waals surface area contributed by atoms with Crippen molar-refractivity contribution < 1.29 is 27.7 Å². The van der Waals surface area contributed by atoms with E-state index in [2.05, 4.69) is 5.32 Å². The molecule has 0 aliphatic carbocycles. The Bertz CT molecular complexity index is 1790. The molecule has 4 rings (SSSR count). The maximum Gasteiger partial charge on any atom is 0.271 e. The van der Waals surface area contributed by atoms with E-state index in [1.54, 1.807) is 42.5 Å². The summed E-state index contributed by atoms with van der Waals surface area (Å²) in [6.07, 6.45) is 0.810. The predicted molar refractivity (Wildman–Crippen MR) is 179 cm³/mol. The van der Waals surface area contributed by atoms with Crippen LogP contribution in [0.15, 0.2) is 114 Å². The van der Waals surface area contributed by atoms with E-state index < -0.39 is 39.3 Å². The van der Waals surface area contributed by atoms with Crippen LogP contribution in [-0.2, 0) is 32.6 Å². The smallest absolute Gasteiger partial charge is 0.271 e. The van der Waals surface area contributed by atoms with Crippen molar-refractivity contribution in [3.8, 4) is 5.75 Å². The highest BCUT2D eigenvalue weighted by Gasteiger charge is 2.35. The molecule has 246 valence electrons. The summed E-state index contributed by atoms with van der Waals surface area (Å²) < 4.78 is 34.4. The normalized spacial score (nSPS) is 12.4. The third-order valence-electron chi connectivity index (χ3n) is 7.70. The molecule has 0 saturated carbocycles. The molecule has 2 unspecified atom stereocenters. The number of carbonyl (C=O) groups excluding carboxylic acids is 2. The predicted octanol–water partition coefficient (Wildman–Crippen LogP) is 5.35. The molecule has 0 saturated heterocycles. The number of sulfonamides is 1. The fourth-order valence-electron chi connectivity index (χ4n) is 4.97. The summed E-state index contributed by atoms with van der Waals surface area (Å²) in [4.78, 5) is 40.7. The molecule has 1 N–H and O–H groups in total. The maximum atomic E-state index is 14.5. The first-order valence-electron chi connectivity index (χ1n) is 15.1. The van der Waals surface area contributed by atoms with Crippen molar-refractivity contribution in [3.63, 3.8) is 0 Å².